The maximum Gasteiger partial charge on any atom is 0.333 e. The van der Waals surface area contributed by atoms with Gasteiger partial charge in [0.25, 0.3) is 5.70 Å². The summed E-state index contributed by atoms with van der Waals surface area (Å²) in [6.45, 7) is 7.54. The smallest absolute Gasteiger partial charge is 0.333 e. The van der Waals surface area contributed by atoms with E-state index in [1.165, 1.54) is 17.4 Å². The molecule has 0 fully saturated rings. The molecule has 5 nitrogen and oxygen atoms in total. The maximum atomic E-state index is 10.9. The Hall–Kier alpha value is -2.62. The van der Waals surface area contributed by atoms with Crippen molar-refractivity contribution in [3.63, 3.8) is 0 Å². The average molecular weight is 328 g/mol. The second-order valence-electron chi connectivity index (χ2n) is 4.84. The van der Waals surface area contributed by atoms with Gasteiger partial charge in [0, 0.05) is 29.0 Å². The van der Waals surface area contributed by atoms with Crippen LogP contribution in [0.4, 0.5) is 5.69 Å². The summed E-state index contributed by atoms with van der Waals surface area (Å²) in [6, 6.07) is 11.6. The Morgan fingerprint density at radius 2 is 2.00 bits per heavy atom. The van der Waals surface area contributed by atoms with E-state index in [0.29, 0.717) is 6.54 Å². The first-order chi connectivity index (χ1) is 11.0. The minimum absolute atomic E-state index is 0.103. The number of anilines is 1. The molecule has 0 radical (unpaired) electrons. The molecule has 0 bridgehead atoms. The monoisotopic (exact) mass is 328 g/mol. The molecular weight excluding hydrogens is 312 g/mol. The molecule has 2 N–H and O–H groups in total. The number of hydrogen-bond acceptors (Lipinski definition) is 4. The summed E-state index contributed by atoms with van der Waals surface area (Å²) in [5.41, 5.74) is 1.75. The molecular formula is C17H16N2O3S. The molecule has 0 saturated carbocycles. The van der Waals surface area contributed by atoms with Gasteiger partial charge in [0.05, 0.1) is 13.2 Å². The van der Waals surface area contributed by atoms with Crippen LogP contribution in [0.5, 0.6) is 0 Å². The van der Waals surface area contributed by atoms with Crippen LogP contribution in [0.15, 0.2) is 42.1 Å². The summed E-state index contributed by atoms with van der Waals surface area (Å²) >= 11 is 1.43. The quantitative estimate of drug-likeness (QED) is 0.631. The van der Waals surface area contributed by atoms with Crippen LogP contribution in [0.25, 0.3) is 21.4 Å². The Balaban J connectivity index is 2.21. The number of benzene rings is 1. The average Bonchev–Trinajstić information content (AvgIpc) is 3.01. The summed E-state index contributed by atoms with van der Waals surface area (Å²) in [5, 5.41) is 17.8. The first-order valence-electron chi connectivity index (χ1n) is 6.90. The Kier molecular flexibility index (Phi) is 5.52. The summed E-state index contributed by atoms with van der Waals surface area (Å²) < 4.78 is 0. The molecule has 6 heteroatoms. The van der Waals surface area contributed by atoms with Gasteiger partial charge in [0.15, 0.2) is 0 Å². The summed E-state index contributed by atoms with van der Waals surface area (Å²) in [7, 11) is 1.91. The van der Waals surface area contributed by atoms with Gasteiger partial charge in [-0.15, -0.1) is 11.3 Å². The van der Waals surface area contributed by atoms with Crippen LogP contribution in [0.3, 0.4) is 0 Å². The minimum Gasteiger partial charge on any atom is -0.486 e. The van der Waals surface area contributed by atoms with Gasteiger partial charge in [0.2, 0.25) is 0 Å². The van der Waals surface area contributed by atoms with Crippen molar-refractivity contribution >= 4 is 29.1 Å². The van der Waals surface area contributed by atoms with Crippen molar-refractivity contribution in [2.75, 3.05) is 25.1 Å². The van der Waals surface area contributed by atoms with E-state index >= 15 is 0 Å². The Labute approximate surface area is 138 Å². The highest BCUT2D eigenvalue weighted by Gasteiger charge is 2.09. The van der Waals surface area contributed by atoms with Crippen molar-refractivity contribution in [3.05, 3.63) is 58.4 Å². The molecule has 0 saturated heterocycles. The van der Waals surface area contributed by atoms with E-state index in [-0.39, 0.29) is 12.3 Å². The number of carboxylic acid groups (broad SMARTS) is 1. The lowest BCUT2D eigenvalue weighted by Crippen LogP contribution is -2.20. The largest absolute Gasteiger partial charge is 0.486 e. The molecule has 1 aromatic carbocycles. The lowest BCUT2D eigenvalue weighted by Gasteiger charge is -2.17. The normalized spacial score (nSPS) is 11.1. The fourth-order valence-corrected chi connectivity index (χ4v) is 2.97. The highest BCUT2D eigenvalue weighted by molar-refractivity contribution is 7.16. The second kappa shape index (κ2) is 7.58. The molecule has 0 spiro atoms. The molecule has 0 aliphatic heterocycles. The summed E-state index contributed by atoms with van der Waals surface area (Å²) in [4.78, 5) is 17.6. The van der Waals surface area contributed by atoms with Gasteiger partial charge in [-0.1, -0.05) is 12.1 Å². The topological polar surface area (TPSA) is 65.1 Å². The zero-order valence-corrected chi connectivity index (χ0v) is 13.4. The highest BCUT2D eigenvalue weighted by Crippen LogP contribution is 2.30. The predicted molar refractivity (Wildman–Crippen MR) is 92.3 cm³/mol. The third kappa shape index (κ3) is 4.19. The van der Waals surface area contributed by atoms with Gasteiger partial charge < -0.3 is 15.1 Å². The van der Waals surface area contributed by atoms with Crippen molar-refractivity contribution in [2.45, 2.75) is 0 Å². The van der Waals surface area contributed by atoms with Crippen molar-refractivity contribution in [1.29, 1.82) is 0 Å². The van der Waals surface area contributed by atoms with E-state index in [4.69, 9.17) is 16.8 Å². The number of aliphatic hydroxyl groups excluding tert-OH is 1. The van der Waals surface area contributed by atoms with Crippen LogP contribution in [0, 0.1) is 6.57 Å². The Bertz CT molecular complexity index is 757. The summed E-state index contributed by atoms with van der Waals surface area (Å²) in [6.07, 6.45) is 1.38. The number of thiophene rings is 1. The predicted octanol–water partition coefficient (Wildman–Crippen LogP) is 3.19. The molecule has 0 unspecified atom stereocenters. The number of hydrogen-bond donors (Lipinski definition) is 2. The number of rotatable bonds is 6. The van der Waals surface area contributed by atoms with Crippen molar-refractivity contribution in [2.24, 2.45) is 0 Å². The van der Waals surface area contributed by atoms with E-state index in [2.05, 4.69) is 4.85 Å². The number of aliphatic hydroxyl groups is 1. The van der Waals surface area contributed by atoms with Gasteiger partial charge in [-0.2, -0.15) is 0 Å². The first-order valence-corrected chi connectivity index (χ1v) is 7.71. The summed E-state index contributed by atoms with van der Waals surface area (Å²) in [5.74, 6) is -1.22. The molecule has 2 rings (SSSR count). The lowest BCUT2D eigenvalue weighted by molar-refractivity contribution is -0.132. The molecule has 0 atom stereocenters. The van der Waals surface area contributed by atoms with Crippen molar-refractivity contribution in [1.82, 2.24) is 0 Å². The number of aliphatic carboxylic acids is 1. The molecule has 2 aromatic rings. The van der Waals surface area contributed by atoms with Gasteiger partial charge in [-0.05, 0) is 35.9 Å². The number of carbonyl (C=O) groups is 1. The van der Waals surface area contributed by atoms with Crippen LogP contribution in [0.2, 0.25) is 0 Å². The molecule has 0 aliphatic carbocycles. The van der Waals surface area contributed by atoms with E-state index in [9.17, 15) is 4.79 Å². The fraction of sp³-hybridized carbons (Fsp3) is 0.176. The highest BCUT2D eigenvalue weighted by atomic mass is 32.1. The van der Waals surface area contributed by atoms with Crippen LogP contribution in [0.1, 0.15) is 4.88 Å². The van der Waals surface area contributed by atoms with E-state index in [1.807, 2.05) is 42.3 Å². The molecule has 23 heavy (non-hydrogen) atoms. The van der Waals surface area contributed by atoms with Crippen LogP contribution >= 0.6 is 11.3 Å². The second-order valence-corrected chi connectivity index (χ2v) is 5.96. The minimum atomic E-state index is -1.22. The first kappa shape index (κ1) is 16.7. The van der Waals surface area contributed by atoms with E-state index in [0.717, 1.165) is 21.0 Å². The van der Waals surface area contributed by atoms with E-state index in [1.54, 1.807) is 6.07 Å². The van der Waals surface area contributed by atoms with Gasteiger partial charge in [-0.3, -0.25) is 4.79 Å². The number of likely N-dealkylation sites (N-methyl/N-ethyl adjacent to an activating group) is 1. The standard InChI is InChI=1S/C17H16N2O3S/c1-18-15(17(21)22)11-14-7-8-16(23-14)12-3-5-13(6-4-12)19(2)9-10-20/h3-8,11,20H,9-10H2,2H3,(H,21,22)/b15-11-. The molecule has 1 heterocycles. The van der Waals surface area contributed by atoms with Crippen LogP contribution < -0.4 is 4.90 Å². The number of nitrogens with zero attached hydrogens (tertiary/aromatic N) is 2. The van der Waals surface area contributed by atoms with Crippen molar-refractivity contribution < 1.29 is 15.0 Å². The van der Waals surface area contributed by atoms with Gasteiger partial charge in [0.1, 0.15) is 0 Å². The third-order valence-corrected chi connectivity index (χ3v) is 4.35. The zero-order chi connectivity index (χ0) is 16.8. The SMILES string of the molecule is [C-]#[N+]/C(=C\c1ccc(-c2ccc(N(C)CCO)cc2)s1)C(=O)O. The van der Waals surface area contributed by atoms with E-state index < -0.39 is 5.97 Å². The Morgan fingerprint density at radius 1 is 1.30 bits per heavy atom. The molecule has 0 aliphatic rings. The Morgan fingerprint density at radius 3 is 2.57 bits per heavy atom. The number of carboxylic acids is 1. The van der Waals surface area contributed by atoms with Gasteiger partial charge in [-0.25, -0.2) is 4.85 Å². The zero-order valence-electron chi connectivity index (χ0n) is 12.6. The molecule has 1 aromatic heterocycles. The lowest BCUT2D eigenvalue weighted by atomic mass is 10.1. The third-order valence-electron chi connectivity index (χ3n) is 3.27. The van der Waals surface area contributed by atoms with Gasteiger partial charge >= 0.3 is 5.97 Å². The molecule has 118 valence electrons. The van der Waals surface area contributed by atoms with Crippen LogP contribution in [-0.4, -0.2) is 36.4 Å². The fourth-order valence-electron chi connectivity index (χ4n) is 2.02. The maximum absolute atomic E-state index is 10.9. The van der Waals surface area contributed by atoms with Crippen molar-refractivity contribution in [3.8, 4) is 10.4 Å². The molecule has 0 amide bonds. The van der Waals surface area contributed by atoms with Crippen LogP contribution in [-0.2, 0) is 4.79 Å².